The second kappa shape index (κ2) is 6.74. The Kier molecular flexibility index (Phi) is 5.21. The second-order valence-electron chi connectivity index (χ2n) is 5.08. The van der Waals surface area contributed by atoms with Crippen LogP contribution in [0.4, 0.5) is 5.13 Å². The van der Waals surface area contributed by atoms with Gasteiger partial charge in [0, 0.05) is 17.7 Å². The number of carbonyl (C=O) groups excluding carboxylic acids is 1. The van der Waals surface area contributed by atoms with Crippen molar-refractivity contribution >= 4 is 32.3 Å². The number of nitrogens with one attached hydrogen (secondary N) is 1. The van der Waals surface area contributed by atoms with Crippen LogP contribution < -0.4 is 5.32 Å². The summed E-state index contributed by atoms with van der Waals surface area (Å²) in [5.41, 5.74) is 0.823. The maximum Gasteiger partial charge on any atom is 0.315 e. The zero-order valence-electron chi connectivity index (χ0n) is 12.2. The highest BCUT2D eigenvalue weighted by molar-refractivity contribution is 7.90. The van der Waals surface area contributed by atoms with E-state index in [0.717, 1.165) is 28.5 Å². The number of carbonyl (C=O) groups is 1. The maximum atomic E-state index is 11.8. The molecule has 6 nitrogen and oxygen atoms in total. The minimum Gasteiger partial charge on any atom is -0.465 e. The molecule has 0 radical (unpaired) electrons. The van der Waals surface area contributed by atoms with Crippen molar-refractivity contribution in [2.45, 2.75) is 32.1 Å². The van der Waals surface area contributed by atoms with Crippen LogP contribution in [-0.2, 0) is 25.8 Å². The van der Waals surface area contributed by atoms with E-state index in [-0.39, 0.29) is 17.6 Å². The van der Waals surface area contributed by atoms with Gasteiger partial charge in [0.15, 0.2) is 5.13 Å². The molecule has 0 spiro atoms. The smallest absolute Gasteiger partial charge is 0.315 e. The van der Waals surface area contributed by atoms with Crippen molar-refractivity contribution in [1.29, 1.82) is 0 Å². The predicted octanol–water partition coefficient (Wildman–Crippen LogP) is 1.58. The summed E-state index contributed by atoms with van der Waals surface area (Å²) >= 11 is 1.54. The highest BCUT2D eigenvalue weighted by Crippen LogP contribution is 2.38. The van der Waals surface area contributed by atoms with E-state index < -0.39 is 9.84 Å². The van der Waals surface area contributed by atoms with Crippen molar-refractivity contribution < 1.29 is 17.9 Å². The molecule has 118 valence electrons. The van der Waals surface area contributed by atoms with Gasteiger partial charge in [-0.05, 0) is 26.2 Å². The molecule has 0 aromatic carbocycles. The summed E-state index contributed by atoms with van der Waals surface area (Å²) in [4.78, 5) is 17.4. The number of anilines is 1. The van der Waals surface area contributed by atoms with Crippen LogP contribution in [0.3, 0.4) is 0 Å². The van der Waals surface area contributed by atoms with E-state index in [2.05, 4.69) is 10.3 Å². The Bertz CT molecular complexity index is 610. The largest absolute Gasteiger partial charge is 0.465 e. The normalized spacial score (nSPS) is 17.5. The van der Waals surface area contributed by atoms with Crippen molar-refractivity contribution in [2.24, 2.45) is 0 Å². The molecule has 8 heteroatoms. The quantitative estimate of drug-likeness (QED) is 0.603. The number of fused-ring (bicyclic) bond motifs is 1. The molecule has 0 bridgehead atoms. The van der Waals surface area contributed by atoms with Gasteiger partial charge in [0.05, 0.1) is 18.1 Å². The molecule has 21 heavy (non-hydrogen) atoms. The number of hydrogen-bond donors (Lipinski definition) is 1. The first-order chi connectivity index (χ1) is 9.90. The Morgan fingerprint density at radius 1 is 1.52 bits per heavy atom. The van der Waals surface area contributed by atoms with E-state index in [1.54, 1.807) is 6.92 Å². The van der Waals surface area contributed by atoms with Crippen LogP contribution in [0, 0.1) is 0 Å². The average molecular weight is 332 g/mol. The van der Waals surface area contributed by atoms with Crippen LogP contribution in [0.1, 0.15) is 36.3 Å². The fourth-order valence-corrected chi connectivity index (χ4v) is 4.04. The van der Waals surface area contributed by atoms with E-state index in [1.165, 1.54) is 17.6 Å². The number of nitrogens with zero attached hydrogens (tertiary/aromatic N) is 1. The zero-order chi connectivity index (χ0) is 15.5. The molecule has 1 N–H and O–H groups in total. The number of hydrogen-bond acceptors (Lipinski definition) is 7. The van der Waals surface area contributed by atoms with Gasteiger partial charge in [-0.2, -0.15) is 0 Å². The van der Waals surface area contributed by atoms with Crippen molar-refractivity contribution in [2.75, 3.05) is 30.5 Å². The summed E-state index contributed by atoms with van der Waals surface area (Å²) in [6.45, 7) is 2.73. The van der Waals surface area contributed by atoms with Crippen LogP contribution >= 0.6 is 11.3 Å². The number of sulfone groups is 1. The predicted molar refractivity (Wildman–Crippen MR) is 82.6 cm³/mol. The summed E-state index contributed by atoms with van der Waals surface area (Å²) in [7, 11) is -2.92. The molecule has 0 saturated carbocycles. The SMILES string of the molecule is CCOC(=O)C1CCc2sc(NCCCS(C)(=O)=O)nc21. The number of esters is 1. The molecule has 2 rings (SSSR count). The Hall–Kier alpha value is -1.15. The lowest BCUT2D eigenvalue weighted by molar-refractivity contribution is -0.145. The number of aryl methyl sites for hydroxylation is 1. The van der Waals surface area contributed by atoms with Gasteiger partial charge < -0.3 is 10.1 Å². The maximum absolute atomic E-state index is 11.8. The van der Waals surface area contributed by atoms with E-state index in [0.29, 0.717) is 19.6 Å². The molecule has 1 heterocycles. The third-order valence-corrected chi connectivity index (χ3v) is 5.38. The van der Waals surface area contributed by atoms with Crippen molar-refractivity contribution in [3.63, 3.8) is 0 Å². The minimum absolute atomic E-state index is 0.163. The molecule has 1 atom stereocenters. The van der Waals surface area contributed by atoms with Gasteiger partial charge in [0.2, 0.25) is 0 Å². The number of thiazole rings is 1. The van der Waals surface area contributed by atoms with Gasteiger partial charge >= 0.3 is 5.97 Å². The number of ether oxygens (including phenoxy) is 1. The first kappa shape index (κ1) is 16.2. The van der Waals surface area contributed by atoms with Crippen LogP contribution in [0.2, 0.25) is 0 Å². The lowest BCUT2D eigenvalue weighted by Gasteiger charge is -2.08. The first-order valence-electron chi connectivity index (χ1n) is 6.98. The highest BCUT2D eigenvalue weighted by Gasteiger charge is 2.33. The van der Waals surface area contributed by atoms with Gasteiger partial charge in [0.25, 0.3) is 0 Å². The van der Waals surface area contributed by atoms with Gasteiger partial charge in [0.1, 0.15) is 15.8 Å². The first-order valence-corrected chi connectivity index (χ1v) is 9.86. The van der Waals surface area contributed by atoms with E-state index in [9.17, 15) is 13.2 Å². The van der Waals surface area contributed by atoms with Gasteiger partial charge in [-0.25, -0.2) is 13.4 Å². The Morgan fingerprint density at radius 2 is 2.29 bits per heavy atom. The highest BCUT2D eigenvalue weighted by atomic mass is 32.2. The molecule has 0 aliphatic heterocycles. The van der Waals surface area contributed by atoms with Gasteiger partial charge in [-0.3, -0.25) is 4.79 Å². The van der Waals surface area contributed by atoms with Crippen LogP contribution in [-0.4, -0.2) is 44.5 Å². The molecule has 0 amide bonds. The standard InChI is InChI=1S/C13H20N2O4S2/c1-3-19-12(16)9-5-6-10-11(9)15-13(20-10)14-7-4-8-21(2,17)18/h9H,3-8H2,1-2H3,(H,14,15). The Morgan fingerprint density at radius 3 is 2.95 bits per heavy atom. The number of aromatic nitrogens is 1. The molecule has 1 unspecified atom stereocenters. The van der Waals surface area contributed by atoms with Gasteiger partial charge in [-0.15, -0.1) is 11.3 Å². The topological polar surface area (TPSA) is 85.4 Å². The summed E-state index contributed by atoms with van der Waals surface area (Å²) in [6, 6.07) is 0. The lowest BCUT2D eigenvalue weighted by Crippen LogP contribution is -2.14. The van der Waals surface area contributed by atoms with E-state index in [4.69, 9.17) is 4.74 Å². The molecular formula is C13H20N2O4S2. The fourth-order valence-electron chi connectivity index (χ4n) is 2.30. The van der Waals surface area contributed by atoms with Crippen molar-refractivity contribution in [1.82, 2.24) is 4.98 Å². The zero-order valence-corrected chi connectivity index (χ0v) is 13.8. The van der Waals surface area contributed by atoms with Crippen LogP contribution in [0.15, 0.2) is 0 Å². The molecule has 1 aliphatic carbocycles. The van der Waals surface area contributed by atoms with Gasteiger partial charge in [-0.1, -0.05) is 0 Å². The van der Waals surface area contributed by atoms with Crippen LogP contribution in [0.25, 0.3) is 0 Å². The summed E-state index contributed by atoms with van der Waals surface area (Å²) in [5, 5.41) is 3.88. The van der Waals surface area contributed by atoms with Crippen molar-refractivity contribution in [3.8, 4) is 0 Å². The Labute approximate surface area is 128 Å². The summed E-state index contributed by atoms with van der Waals surface area (Å²) in [5.74, 6) is -0.288. The second-order valence-corrected chi connectivity index (χ2v) is 8.42. The molecule has 1 aliphatic rings. The average Bonchev–Trinajstić information content (AvgIpc) is 2.93. The third-order valence-electron chi connectivity index (χ3n) is 3.26. The summed E-state index contributed by atoms with van der Waals surface area (Å²) < 4.78 is 27.2. The monoisotopic (exact) mass is 332 g/mol. The number of rotatable bonds is 7. The van der Waals surface area contributed by atoms with Crippen LogP contribution in [0.5, 0.6) is 0 Å². The molecule has 1 aromatic rings. The lowest BCUT2D eigenvalue weighted by atomic mass is 10.1. The molecule has 1 aromatic heterocycles. The Balaban J connectivity index is 1.91. The fraction of sp³-hybridized carbons (Fsp3) is 0.692. The third kappa shape index (κ3) is 4.41. The van der Waals surface area contributed by atoms with E-state index >= 15 is 0 Å². The molecule has 0 fully saturated rings. The van der Waals surface area contributed by atoms with E-state index in [1.807, 2.05) is 0 Å². The van der Waals surface area contributed by atoms with Crippen molar-refractivity contribution in [3.05, 3.63) is 10.6 Å². The molecule has 0 saturated heterocycles. The molecular weight excluding hydrogens is 312 g/mol. The summed E-state index contributed by atoms with van der Waals surface area (Å²) in [6.07, 6.45) is 3.39. The minimum atomic E-state index is -2.92.